The molecule has 2 rings (SSSR count). The van der Waals surface area contributed by atoms with Gasteiger partial charge in [0.25, 0.3) is 0 Å². The average Bonchev–Trinajstić information content (AvgIpc) is 2.34. The van der Waals surface area contributed by atoms with Crippen LogP contribution < -0.4 is 4.74 Å². The number of halogens is 1. The van der Waals surface area contributed by atoms with Gasteiger partial charge in [-0.15, -0.1) is 0 Å². The van der Waals surface area contributed by atoms with Crippen molar-refractivity contribution in [3.8, 4) is 11.5 Å². The van der Waals surface area contributed by atoms with E-state index in [4.69, 9.17) is 9.84 Å². The lowest BCUT2D eigenvalue weighted by Crippen LogP contribution is -1.91. The third-order valence-corrected chi connectivity index (χ3v) is 3.35. The van der Waals surface area contributed by atoms with E-state index in [1.54, 1.807) is 0 Å². The molecule has 0 saturated carbocycles. The molecule has 0 unspecified atom stereocenters. The largest absolute Gasteiger partial charge is 0.456 e. The molecule has 2 aromatic carbocycles. The first-order valence-corrected chi connectivity index (χ1v) is 6.54. The third kappa shape index (κ3) is 2.92. The molecule has 0 aliphatic heterocycles. The van der Waals surface area contributed by atoms with Gasteiger partial charge in [0.15, 0.2) is 0 Å². The lowest BCUT2D eigenvalue weighted by atomic mass is 10.1. The second-order valence-electron chi connectivity index (χ2n) is 4.29. The van der Waals surface area contributed by atoms with Gasteiger partial charge in [-0.1, -0.05) is 18.2 Å². The predicted molar refractivity (Wildman–Crippen MR) is 76.1 cm³/mol. The van der Waals surface area contributed by atoms with E-state index >= 15 is 0 Å². The Morgan fingerprint density at radius 3 is 2.39 bits per heavy atom. The Labute approximate surface area is 115 Å². The predicted octanol–water partition coefficient (Wildman–Crippen LogP) is 4.35. The molecule has 0 heterocycles. The van der Waals surface area contributed by atoms with Crippen LogP contribution in [0.4, 0.5) is 0 Å². The zero-order chi connectivity index (χ0) is 13.1. The molecule has 18 heavy (non-hydrogen) atoms. The fraction of sp³-hybridized carbons (Fsp3) is 0.200. The standard InChI is InChI=1S/C15H15BrO2/c1-10-3-5-15(13(16)7-10)18-14-6-4-12(9-17)8-11(14)2/h3-8,17H,9H2,1-2H3. The minimum Gasteiger partial charge on any atom is -0.456 e. The highest BCUT2D eigenvalue weighted by Gasteiger charge is 2.06. The van der Waals surface area contributed by atoms with Crippen molar-refractivity contribution in [1.82, 2.24) is 0 Å². The van der Waals surface area contributed by atoms with Crippen molar-refractivity contribution < 1.29 is 9.84 Å². The van der Waals surface area contributed by atoms with Crippen LogP contribution >= 0.6 is 15.9 Å². The zero-order valence-corrected chi connectivity index (χ0v) is 12.0. The number of rotatable bonds is 3. The summed E-state index contributed by atoms with van der Waals surface area (Å²) in [6.45, 7) is 4.06. The smallest absolute Gasteiger partial charge is 0.141 e. The highest BCUT2D eigenvalue weighted by Crippen LogP contribution is 2.32. The molecule has 94 valence electrons. The van der Waals surface area contributed by atoms with Gasteiger partial charge in [0.2, 0.25) is 0 Å². The van der Waals surface area contributed by atoms with E-state index in [0.29, 0.717) is 0 Å². The summed E-state index contributed by atoms with van der Waals surface area (Å²) < 4.78 is 6.80. The molecule has 0 spiro atoms. The summed E-state index contributed by atoms with van der Waals surface area (Å²) in [6.07, 6.45) is 0. The maximum absolute atomic E-state index is 9.07. The monoisotopic (exact) mass is 306 g/mol. The second kappa shape index (κ2) is 5.55. The molecule has 3 heteroatoms. The van der Waals surface area contributed by atoms with Gasteiger partial charge in [0, 0.05) is 0 Å². The Kier molecular flexibility index (Phi) is 4.04. The van der Waals surface area contributed by atoms with Crippen LogP contribution in [0.25, 0.3) is 0 Å². The molecule has 0 fully saturated rings. The normalized spacial score (nSPS) is 10.4. The highest BCUT2D eigenvalue weighted by molar-refractivity contribution is 9.10. The molecule has 2 nitrogen and oxygen atoms in total. The van der Waals surface area contributed by atoms with Gasteiger partial charge >= 0.3 is 0 Å². The Morgan fingerprint density at radius 2 is 1.78 bits per heavy atom. The Morgan fingerprint density at radius 1 is 1.06 bits per heavy atom. The van der Waals surface area contributed by atoms with E-state index in [-0.39, 0.29) is 6.61 Å². The van der Waals surface area contributed by atoms with Crippen molar-refractivity contribution in [2.75, 3.05) is 0 Å². The van der Waals surface area contributed by atoms with Crippen LogP contribution in [-0.2, 0) is 6.61 Å². The lowest BCUT2D eigenvalue weighted by Gasteiger charge is -2.11. The second-order valence-corrected chi connectivity index (χ2v) is 5.15. The molecular formula is C15H15BrO2. The van der Waals surface area contributed by atoms with Crippen LogP contribution in [0.2, 0.25) is 0 Å². The van der Waals surface area contributed by atoms with Crippen molar-refractivity contribution in [3.63, 3.8) is 0 Å². The van der Waals surface area contributed by atoms with Crippen molar-refractivity contribution >= 4 is 15.9 Å². The summed E-state index contributed by atoms with van der Waals surface area (Å²) in [7, 11) is 0. The van der Waals surface area contributed by atoms with Gasteiger partial charge in [-0.3, -0.25) is 0 Å². The Balaban J connectivity index is 2.28. The molecule has 0 aromatic heterocycles. The third-order valence-electron chi connectivity index (χ3n) is 2.73. The fourth-order valence-corrected chi connectivity index (χ4v) is 2.31. The molecule has 0 aliphatic rings. The maximum atomic E-state index is 9.07. The minimum absolute atomic E-state index is 0.0509. The minimum atomic E-state index is 0.0509. The van der Waals surface area contributed by atoms with E-state index in [2.05, 4.69) is 15.9 Å². The summed E-state index contributed by atoms with van der Waals surface area (Å²) in [6, 6.07) is 11.7. The van der Waals surface area contributed by atoms with Crippen LogP contribution in [0, 0.1) is 13.8 Å². The first kappa shape index (κ1) is 13.1. The Bertz CT molecular complexity index is 564. The van der Waals surface area contributed by atoms with E-state index in [9.17, 15) is 0 Å². The van der Waals surface area contributed by atoms with Crippen LogP contribution in [-0.4, -0.2) is 5.11 Å². The van der Waals surface area contributed by atoms with Gasteiger partial charge in [0.05, 0.1) is 11.1 Å². The van der Waals surface area contributed by atoms with Gasteiger partial charge in [-0.05, 0) is 64.7 Å². The van der Waals surface area contributed by atoms with Gasteiger partial charge in [0.1, 0.15) is 11.5 Å². The van der Waals surface area contributed by atoms with Gasteiger partial charge < -0.3 is 9.84 Å². The van der Waals surface area contributed by atoms with E-state index in [1.165, 1.54) is 5.56 Å². The summed E-state index contributed by atoms with van der Waals surface area (Å²) >= 11 is 3.49. The van der Waals surface area contributed by atoms with Gasteiger partial charge in [-0.25, -0.2) is 0 Å². The number of hydrogen-bond acceptors (Lipinski definition) is 2. The Hall–Kier alpha value is -1.32. The molecular weight excluding hydrogens is 292 g/mol. The molecule has 0 radical (unpaired) electrons. The molecule has 0 aliphatic carbocycles. The lowest BCUT2D eigenvalue weighted by molar-refractivity contribution is 0.281. The van der Waals surface area contributed by atoms with Crippen molar-refractivity contribution in [2.24, 2.45) is 0 Å². The summed E-state index contributed by atoms with van der Waals surface area (Å²) in [5.41, 5.74) is 3.08. The van der Waals surface area contributed by atoms with E-state index in [0.717, 1.165) is 27.1 Å². The molecule has 1 N–H and O–H groups in total. The van der Waals surface area contributed by atoms with Crippen LogP contribution in [0.15, 0.2) is 40.9 Å². The van der Waals surface area contributed by atoms with E-state index in [1.807, 2.05) is 50.2 Å². The number of aliphatic hydroxyl groups excluding tert-OH is 1. The first-order chi connectivity index (χ1) is 8.60. The van der Waals surface area contributed by atoms with Crippen LogP contribution in [0.1, 0.15) is 16.7 Å². The van der Waals surface area contributed by atoms with Crippen molar-refractivity contribution in [1.29, 1.82) is 0 Å². The summed E-state index contributed by atoms with van der Waals surface area (Å²) in [5.74, 6) is 1.59. The zero-order valence-electron chi connectivity index (χ0n) is 10.4. The molecule has 0 amide bonds. The molecule has 0 saturated heterocycles. The molecule has 0 bridgehead atoms. The van der Waals surface area contributed by atoms with Gasteiger partial charge in [-0.2, -0.15) is 0 Å². The molecule has 2 aromatic rings. The van der Waals surface area contributed by atoms with Crippen LogP contribution in [0.3, 0.4) is 0 Å². The topological polar surface area (TPSA) is 29.5 Å². The maximum Gasteiger partial charge on any atom is 0.141 e. The number of ether oxygens (including phenoxy) is 1. The number of hydrogen-bond donors (Lipinski definition) is 1. The fourth-order valence-electron chi connectivity index (χ4n) is 1.73. The number of aliphatic hydroxyl groups is 1. The summed E-state index contributed by atoms with van der Waals surface area (Å²) in [4.78, 5) is 0. The number of aryl methyl sites for hydroxylation is 2. The quantitative estimate of drug-likeness (QED) is 0.913. The summed E-state index contributed by atoms with van der Waals surface area (Å²) in [5, 5.41) is 9.07. The van der Waals surface area contributed by atoms with Crippen LogP contribution in [0.5, 0.6) is 11.5 Å². The van der Waals surface area contributed by atoms with E-state index < -0.39 is 0 Å². The SMILES string of the molecule is Cc1ccc(Oc2ccc(CO)cc2C)c(Br)c1. The number of benzene rings is 2. The van der Waals surface area contributed by atoms with Crippen molar-refractivity contribution in [2.45, 2.75) is 20.5 Å². The highest BCUT2D eigenvalue weighted by atomic mass is 79.9. The van der Waals surface area contributed by atoms with Crippen molar-refractivity contribution in [3.05, 3.63) is 57.6 Å². The molecule has 0 atom stereocenters. The average molecular weight is 307 g/mol. The first-order valence-electron chi connectivity index (χ1n) is 5.74.